The molecule has 0 unspecified atom stereocenters. The van der Waals surface area contributed by atoms with Crippen LogP contribution >= 0.6 is 11.6 Å². The molecule has 10 heteroatoms. The Bertz CT molecular complexity index is 1090. The van der Waals surface area contributed by atoms with Gasteiger partial charge in [-0.15, -0.1) is 0 Å². The summed E-state index contributed by atoms with van der Waals surface area (Å²) in [5, 5.41) is 8.57. The quantitative estimate of drug-likeness (QED) is 0.613. The van der Waals surface area contributed by atoms with E-state index in [4.69, 9.17) is 21.1 Å². The van der Waals surface area contributed by atoms with Crippen LogP contribution in [0.5, 0.6) is 5.75 Å². The molecule has 0 aromatic heterocycles. The van der Waals surface area contributed by atoms with Crippen LogP contribution in [-0.4, -0.2) is 61.7 Å². The Morgan fingerprint density at radius 3 is 2.62 bits per heavy atom. The molecule has 3 atom stereocenters. The fraction of sp³-hybridized carbons (Fsp3) is 0.375. The molecular weight excluding hydrogens is 460 g/mol. The van der Waals surface area contributed by atoms with Crippen molar-refractivity contribution in [2.24, 2.45) is 0 Å². The molecule has 2 aliphatic heterocycles. The number of hydrogen-bond donors (Lipinski definition) is 3. The van der Waals surface area contributed by atoms with Gasteiger partial charge in [0.2, 0.25) is 5.91 Å². The summed E-state index contributed by atoms with van der Waals surface area (Å²) < 4.78 is 12.1. The van der Waals surface area contributed by atoms with Crippen molar-refractivity contribution in [3.8, 4) is 5.75 Å². The van der Waals surface area contributed by atoms with Gasteiger partial charge < -0.3 is 30.3 Å². The number of fused-ring (bicyclic) bond motifs is 2. The van der Waals surface area contributed by atoms with E-state index in [-0.39, 0.29) is 43.1 Å². The first-order valence-electron chi connectivity index (χ1n) is 11.1. The number of ether oxygens (including phenoxy) is 2. The van der Waals surface area contributed by atoms with Crippen LogP contribution in [0.1, 0.15) is 29.6 Å². The largest absolute Gasteiger partial charge is 0.490 e. The van der Waals surface area contributed by atoms with Crippen molar-refractivity contribution < 1.29 is 23.9 Å². The van der Waals surface area contributed by atoms with E-state index >= 15 is 0 Å². The topological polar surface area (TPSA) is 109 Å². The zero-order valence-electron chi connectivity index (χ0n) is 19.0. The molecule has 2 aliphatic rings. The van der Waals surface area contributed by atoms with Gasteiger partial charge >= 0.3 is 6.03 Å². The molecule has 3 N–H and O–H groups in total. The van der Waals surface area contributed by atoms with Crippen molar-refractivity contribution in [3.63, 3.8) is 0 Å². The van der Waals surface area contributed by atoms with Gasteiger partial charge in [0.15, 0.2) is 0 Å². The average molecular weight is 487 g/mol. The van der Waals surface area contributed by atoms with Gasteiger partial charge in [-0.25, -0.2) is 4.79 Å². The smallest absolute Gasteiger partial charge is 0.323 e. The number of hydrogen-bond acceptors (Lipinski definition) is 5. The molecule has 34 heavy (non-hydrogen) atoms. The maximum absolute atomic E-state index is 13.3. The molecule has 0 aliphatic carbocycles. The fourth-order valence-corrected chi connectivity index (χ4v) is 4.46. The molecule has 0 radical (unpaired) electrons. The molecule has 9 nitrogen and oxygen atoms in total. The van der Waals surface area contributed by atoms with E-state index in [2.05, 4.69) is 16.0 Å². The third kappa shape index (κ3) is 5.43. The minimum absolute atomic E-state index is 0.0792. The monoisotopic (exact) mass is 486 g/mol. The lowest BCUT2D eigenvalue weighted by molar-refractivity contribution is -0.133. The number of carbonyl (C=O) groups is 3. The summed E-state index contributed by atoms with van der Waals surface area (Å²) in [5.74, 6) is 0.106. The van der Waals surface area contributed by atoms with Crippen molar-refractivity contribution in [2.75, 3.05) is 31.3 Å². The Morgan fingerprint density at radius 1 is 1.12 bits per heavy atom. The predicted molar refractivity (Wildman–Crippen MR) is 128 cm³/mol. The summed E-state index contributed by atoms with van der Waals surface area (Å²) in [5.41, 5.74) is 1.36. The normalized spacial score (nSPS) is 21.8. The lowest BCUT2D eigenvalue weighted by Crippen LogP contribution is -2.53. The van der Waals surface area contributed by atoms with Crippen LogP contribution < -0.4 is 20.7 Å². The fourth-order valence-electron chi connectivity index (χ4n) is 4.27. The molecule has 4 rings (SSSR count). The number of nitrogens with one attached hydrogen (secondary N) is 3. The molecule has 2 aromatic carbocycles. The predicted octanol–water partition coefficient (Wildman–Crippen LogP) is 3.50. The van der Waals surface area contributed by atoms with Crippen LogP contribution in [-0.2, 0) is 9.53 Å². The summed E-state index contributed by atoms with van der Waals surface area (Å²) in [6.07, 6.45) is 1.10. The van der Waals surface area contributed by atoms with Crippen LogP contribution in [0, 0.1) is 0 Å². The molecule has 2 aromatic rings. The summed E-state index contributed by atoms with van der Waals surface area (Å²) in [7, 11) is 3.34. The summed E-state index contributed by atoms with van der Waals surface area (Å²) >= 11 is 5.96. The zero-order valence-corrected chi connectivity index (χ0v) is 19.7. The second-order valence-corrected chi connectivity index (χ2v) is 8.78. The number of benzene rings is 2. The second-order valence-electron chi connectivity index (χ2n) is 8.35. The van der Waals surface area contributed by atoms with Crippen LogP contribution in [0.15, 0.2) is 42.5 Å². The van der Waals surface area contributed by atoms with Gasteiger partial charge in [-0.3, -0.25) is 9.59 Å². The first kappa shape index (κ1) is 23.8. The van der Waals surface area contributed by atoms with Crippen LogP contribution in [0.4, 0.5) is 16.2 Å². The number of rotatable bonds is 4. The van der Waals surface area contributed by atoms with Crippen molar-refractivity contribution in [3.05, 3.63) is 53.1 Å². The van der Waals surface area contributed by atoms with Crippen molar-refractivity contribution >= 4 is 40.8 Å². The van der Waals surface area contributed by atoms with Gasteiger partial charge in [-0.05, 0) is 49.2 Å². The van der Waals surface area contributed by atoms with Gasteiger partial charge in [-0.2, -0.15) is 0 Å². The Labute approximate surface area is 202 Å². The van der Waals surface area contributed by atoms with E-state index in [1.807, 2.05) is 0 Å². The Kier molecular flexibility index (Phi) is 7.23. The number of anilines is 2. The molecule has 2 heterocycles. The van der Waals surface area contributed by atoms with Crippen LogP contribution in [0.2, 0.25) is 5.02 Å². The van der Waals surface area contributed by atoms with Crippen molar-refractivity contribution in [2.45, 2.75) is 37.5 Å². The number of likely N-dealkylation sites (N-methyl/N-ethyl adjacent to an activating group) is 1. The number of halogens is 1. The lowest BCUT2D eigenvalue weighted by atomic mass is 9.94. The second kappa shape index (κ2) is 10.3. The van der Waals surface area contributed by atoms with E-state index in [1.54, 1.807) is 61.5 Å². The summed E-state index contributed by atoms with van der Waals surface area (Å²) in [6, 6.07) is 11.1. The average Bonchev–Trinajstić information content (AvgIpc) is 2.81. The first-order valence-corrected chi connectivity index (χ1v) is 11.5. The van der Waals surface area contributed by atoms with Gasteiger partial charge in [0.05, 0.1) is 24.1 Å². The lowest BCUT2D eigenvalue weighted by Gasteiger charge is -2.42. The Balaban J connectivity index is 1.47. The summed E-state index contributed by atoms with van der Waals surface area (Å²) in [6.45, 7) is 0.252. The molecule has 1 saturated heterocycles. The molecule has 0 bridgehead atoms. The van der Waals surface area contributed by atoms with E-state index in [0.717, 1.165) is 0 Å². The highest BCUT2D eigenvalue weighted by atomic mass is 35.5. The van der Waals surface area contributed by atoms with E-state index in [9.17, 15) is 14.4 Å². The first-order chi connectivity index (χ1) is 16.3. The Hall–Kier alpha value is -3.30. The maximum Gasteiger partial charge on any atom is 0.323 e. The molecule has 0 saturated carbocycles. The van der Waals surface area contributed by atoms with Gasteiger partial charge in [0.1, 0.15) is 18.5 Å². The third-order valence-corrected chi connectivity index (χ3v) is 6.28. The van der Waals surface area contributed by atoms with Gasteiger partial charge in [0.25, 0.3) is 5.91 Å². The minimum atomic E-state index is -0.460. The van der Waals surface area contributed by atoms with Crippen molar-refractivity contribution in [1.82, 2.24) is 10.2 Å². The maximum atomic E-state index is 13.3. The van der Waals surface area contributed by atoms with Crippen LogP contribution in [0.25, 0.3) is 0 Å². The highest BCUT2D eigenvalue weighted by molar-refractivity contribution is 6.30. The molecule has 0 spiro atoms. The van der Waals surface area contributed by atoms with Crippen LogP contribution in [0.3, 0.4) is 0 Å². The van der Waals surface area contributed by atoms with E-state index < -0.39 is 6.03 Å². The summed E-state index contributed by atoms with van der Waals surface area (Å²) in [4.78, 5) is 39.1. The third-order valence-electron chi connectivity index (χ3n) is 6.04. The highest BCUT2D eigenvalue weighted by Gasteiger charge is 2.39. The standard InChI is InChI=1S/C24H27ClN4O5/c1-26-22(30)12-17-7-8-19-21(34-17)13-33-20-9-6-16(11-18(20)23(31)29(19)2)28-24(32)27-15-5-3-4-14(25)10-15/h3-6,9-11,17,19,21H,7-8,12-13H2,1-2H3,(H,26,30)(H2,27,28,32)/t17-,19-,21-/m1/s1. The zero-order chi connectivity index (χ0) is 24.2. The van der Waals surface area contributed by atoms with Gasteiger partial charge in [0, 0.05) is 30.5 Å². The number of amides is 4. The number of urea groups is 1. The SMILES string of the molecule is CNC(=O)C[C@H]1CC[C@@H]2[C@@H](COc3ccc(NC(=O)Nc4cccc(Cl)c4)cc3C(=O)N2C)O1. The van der Waals surface area contributed by atoms with E-state index in [0.29, 0.717) is 40.6 Å². The van der Waals surface area contributed by atoms with Crippen molar-refractivity contribution in [1.29, 1.82) is 0 Å². The molecule has 180 valence electrons. The molecule has 4 amide bonds. The van der Waals surface area contributed by atoms with E-state index in [1.165, 1.54) is 0 Å². The minimum Gasteiger partial charge on any atom is -0.490 e. The number of carbonyl (C=O) groups excluding carboxylic acids is 3. The number of nitrogens with zero attached hydrogens (tertiary/aromatic N) is 1. The molecule has 1 fully saturated rings. The Morgan fingerprint density at radius 2 is 1.88 bits per heavy atom. The molecular formula is C24H27ClN4O5. The van der Waals surface area contributed by atoms with Gasteiger partial charge in [-0.1, -0.05) is 17.7 Å². The highest BCUT2D eigenvalue weighted by Crippen LogP contribution is 2.32.